The molecule has 1 aliphatic carbocycles. The molecule has 0 bridgehead atoms. The standard InChI is InChI=1S/C17H31N3O/c21-17-16(10-4-6-12-19-17)20-15-9-2-1-7-13(15)14-8-3-5-11-18-14/h13-16,18,20H,1-12H2,(H,19,21). The summed E-state index contributed by atoms with van der Waals surface area (Å²) in [7, 11) is 0. The van der Waals surface area contributed by atoms with E-state index in [1.165, 1.54) is 51.5 Å². The molecule has 0 spiro atoms. The van der Waals surface area contributed by atoms with Crippen molar-refractivity contribution >= 4 is 5.91 Å². The molecule has 4 nitrogen and oxygen atoms in total. The van der Waals surface area contributed by atoms with Gasteiger partial charge in [-0.05, 0) is 57.4 Å². The largest absolute Gasteiger partial charge is 0.355 e. The highest BCUT2D eigenvalue weighted by molar-refractivity contribution is 5.81. The summed E-state index contributed by atoms with van der Waals surface area (Å²) >= 11 is 0. The Bertz CT molecular complexity index is 341. The molecule has 0 aromatic heterocycles. The van der Waals surface area contributed by atoms with Crippen molar-refractivity contribution in [3.63, 3.8) is 0 Å². The zero-order valence-electron chi connectivity index (χ0n) is 13.2. The Hall–Kier alpha value is -0.610. The van der Waals surface area contributed by atoms with Crippen LogP contribution in [-0.4, -0.2) is 37.1 Å². The fraction of sp³-hybridized carbons (Fsp3) is 0.941. The predicted octanol–water partition coefficient (Wildman–Crippen LogP) is 1.95. The average Bonchev–Trinajstić information content (AvgIpc) is 2.74. The predicted molar refractivity (Wildman–Crippen MR) is 85.2 cm³/mol. The van der Waals surface area contributed by atoms with Crippen LogP contribution in [0.3, 0.4) is 0 Å². The SMILES string of the molecule is O=C1NCCCCC1NC1CCCCC1C1CCCCN1. The first kappa shape index (κ1) is 15.3. The zero-order chi connectivity index (χ0) is 14.5. The summed E-state index contributed by atoms with van der Waals surface area (Å²) in [5.41, 5.74) is 0. The number of rotatable bonds is 3. The number of amides is 1. The van der Waals surface area contributed by atoms with E-state index in [1.54, 1.807) is 0 Å². The Morgan fingerprint density at radius 3 is 2.48 bits per heavy atom. The van der Waals surface area contributed by atoms with Gasteiger partial charge in [0.15, 0.2) is 0 Å². The molecule has 4 heteroatoms. The third-order valence-corrected chi connectivity index (χ3v) is 5.64. The lowest BCUT2D eigenvalue weighted by Crippen LogP contribution is -2.55. The molecule has 3 rings (SSSR count). The minimum absolute atomic E-state index is 0.0432. The van der Waals surface area contributed by atoms with Gasteiger partial charge >= 0.3 is 0 Å². The zero-order valence-corrected chi connectivity index (χ0v) is 13.2. The van der Waals surface area contributed by atoms with Crippen LogP contribution in [-0.2, 0) is 4.79 Å². The van der Waals surface area contributed by atoms with Crippen molar-refractivity contribution in [2.75, 3.05) is 13.1 Å². The Kier molecular flexibility index (Phi) is 5.53. The molecule has 1 saturated carbocycles. The molecule has 21 heavy (non-hydrogen) atoms. The molecule has 4 atom stereocenters. The summed E-state index contributed by atoms with van der Waals surface area (Å²) < 4.78 is 0. The first-order chi connectivity index (χ1) is 10.3. The number of nitrogens with one attached hydrogen (secondary N) is 3. The highest BCUT2D eigenvalue weighted by atomic mass is 16.2. The maximum Gasteiger partial charge on any atom is 0.237 e. The molecular formula is C17H31N3O. The van der Waals surface area contributed by atoms with Crippen LogP contribution >= 0.6 is 0 Å². The number of carbonyl (C=O) groups excluding carboxylic acids is 1. The van der Waals surface area contributed by atoms with E-state index in [1.807, 2.05) is 0 Å². The number of hydrogen-bond acceptors (Lipinski definition) is 3. The van der Waals surface area contributed by atoms with Crippen molar-refractivity contribution in [2.24, 2.45) is 5.92 Å². The van der Waals surface area contributed by atoms with Gasteiger partial charge in [0.25, 0.3) is 0 Å². The van der Waals surface area contributed by atoms with Gasteiger partial charge in [-0.2, -0.15) is 0 Å². The van der Waals surface area contributed by atoms with E-state index in [2.05, 4.69) is 16.0 Å². The minimum atomic E-state index is 0.0432. The summed E-state index contributed by atoms with van der Waals surface area (Å²) in [4.78, 5) is 12.2. The Labute approximate surface area is 128 Å². The van der Waals surface area contributed by atoms with Crippen molar-refractivity contribution in [3.05, 3.63) is 0 Å². The fourth-order valence-electron chi connectivity index (χ4n) is 4.45. The van der Waals surface area contributed by atoms with Crippen molar-refractivity contribution in [1.82, 2.24) is 16.0 Å². The van der Waals surface area contributed by atoms with Crippen molar-refractivity contribution < 1.29 is 4.79 Å². The maximum absolute atomic E-state index is 12.2. The molecule has 4 unspecified atom stereocenters. The third-order valence-electron chi connectivity index (χ3n) is 5.64. The van der Waals surface area contributed by atoms with Gasteiger partial charge < -0.3 is 16.0 Å². The van der Waals surface area contributed by atoms with E-state index in [-0.39, 0.29) is 11.9 Å². The van der Waals surface area contributed by atoms with Gasteiger partial charge in [0, 0.05) is 18.6 Å². The van der Waals surface area contributed by atoms with Crippen LogP contribution < -0.4 is 16.0 Å². The van der Waals surface area contributed by atoms with Crippen molar-refractivity contribution in [2.45, 2.75) is 82.3 Å². The first-order valence-corrected chi connectivity index (χ1v) is 9.12. The Balaban J connectivity index is 1.61. The second-order valence-corrected chi connectivity index (χ2v) is 7.12. The normalized spacial score (nSPS) is 38.6. The lowest BCUT2D eigenvalue weighted by Gasteiger charge is -2.41. The molecular weight excluding hydrogens is 262 g/mol. The van der Waals surface area contributed by atoms with Crippen molar-refractivity contribution in [3.8, 4) is 0 Å². The fourth-order valence-corrected chi connectivity index (χ4v) is 4.45. The number of piperidine rings is 1. The molecule has 3 fully saturated rings. The molecule has 120 valence electrons. The average molecular weight is 293 g/mol. The molecule has 3 aliphatic rings. The summed E-state index contributed by atoms with van der Waals surface area (Å²) in [5.74, 6) is 0.948. The van der Waals surface area contributed by atoms with E-state index in [9.17, 15) is 4.79 Å². The smallest absolute Gasteiger partial charge is 0.237 e. The molecule has 2 heterocycles. The topological polar surface area (TPSA) is 53.2 Å². The summed E-state index contributed by atoms with van der Waals surface area (Å²) in [6.45, 7) is 2.03. The summed E-state index contributed by atoms with van der Waals surface area (Å²) in [6.07, 6.45) is 12.5. The number of carbonyl (C=O) groups is 1. The molecule has 2 saturated heterocycles. The van der Waals surface area contributed by atoms with Gasteiger partial charge in [0.2, 0.25) is 5.91 Å². The Morgan fingerprint density at radius 2 is 1.62 bits per heavy atom. The van der Waals surface area contributed by atoms with Crippen LogP contribution in [0.25, 0.3) is 0 Å². The van der Waals surface area contributed by atoms with E-state index < -0.39 is 0 Å². The van der Waals surface area contributed by atoms with E-state index in [4.69, 9.17) is 0 Å². The lowest BCUT2D eigenvalue weighted by molar-refractivity contribution is -0.123. The van der Waals surface area contributed by atoms with Gasteiger partial charge in [0.1, 0.15) is 0 Å². The van der Waals surface area contributed by atoms with Gasteiger partial charge in [-0.3, -0.25) is 4.79 Å². The lowest BCUT2D eigenvalue weighted by atomic mass is 9.77. The minimum Gasteiger partial charge on any atom is -0.355 e. The quantitative estimate of drug-likeness (QED) is 0.745. The van der Waals surface area contributed by atoms with Gasteiger partial charge in [0.05, 0.1) is 6.04 Å². The van der Waals surface area contributed by atoms with Crippen LogP contribution in [0.2, 0.25) is 0 Å². The van der Waals surface area contributed by atoms with Crippen LogP contribution in [0.5, 0.6) is 0 Å². The van der Waals surface area contributed by atoms with E-state index in [0.29, 0.717) is 12.1 Å². The molecule has 1 amide bonds. The molecule has 2 aliphatic heterocycles. The summed E-state index contributed by atoms with van der Waals surface area (Å²) in [6, 6.07) is 1.25. The second-order valence-electron chi connectivity index (χ2n) is 7.12. The molecule has 0 aromatic rings. The second kappa shape index (κ2) is 7.59. The Morgan fingerprint density at radius 1 is 0.857 bits per heavy atom. The highest BCUT2D eigenvalue weighted by Gasteiger charge is 2.34. The maximum atomic E-state index is 12.2. The first-order valence-electron chi connectivity index (χ1n) is 9.12. The molecule has 0 aromatic carbocycles. The van der Waals surface area contributed by atoms with Crippen molar-refractivity contribution in [1.29, 1.82) is 0 Å². The van der Waals surface area contributed by atoms with Crippen LogP contribution in [0.1, 0.15) is 64.2 Å². The molecule has 3 N–H and O–H groups in total. The van der Waals surface area contributed by atoms with Gasteiger partial charge in [-0.15, -0.1) is 0 Å². The third kappa shape index (κ3) is 3.98. The monoisotopic (exact) mass is 293 g/mol. The van der Waals surface area contributed by atoms with E-state index in [0.717, 1.165) is 31.7 Å². The van der Waals surface area contributed by atoms with E-state index >= 15 is 0 Å². The van der Waals surface area contributed by atoms with Crippen LogP contribution in [0.4, 0.5) is 0 Å². The number of hydrogen-bond donors (Lipinski definition) is 3. The summed E-state index contributed by atoms with van der Waals surface area (Å²) in [5, 5.41) is 10.5. The van der Waals surface area contributed by atoms with Gasteiger partial charge in [-0.1, -0.05) is 19.3 Å². The highest BCUT2D eigenvalue weighted by Crippen LogP contribution is 2.31. The van der Waals surface area contributed by atoms with Gasteiger partial charge in [-0.25, -0.2) is 0 Å². The molecule has 0 radical (unpaired) electrons. The van der Waals surface area contributed by atoms with Crippen LogP contribution in [0.15, 0.2) is 0 Å². The van der Waals surface area contributed by atoms with Crippen LogP contribution in [0, 0.1) is 5.92 Å².